The summed E-state index contributed by atoms with van der Waals surface area (Å²) >= 11 is 0. The second-order valence-electron chi connectivity index (χ2n) is 12.5. The third-order valence-corrected chi connectivity index (χ3v) is 9.16. The van der Waals surface area contributed by atoms with E-state index in [1.807, 2.05) is 60.7 Å². The lowest BCUT2D eigenvalue weighted by atomic mass is 10.0. The van der Waals surface area contributed by atoms with Gasteiger partial charge in [0, 0.05) is 35.0 Å². The van der Waals surface area contributed by atoms with Crippen molar-refractivity contribution in [3.63, 3.8) is 0 Å². The van der Waals surface area contributed by atoms with Gasteiger partial charge in [0.25, 0.3) is 11.8 Å². The number of carbonyl (C=O) groups excluding carboxylic acids is 2. The highest BCUT2D eigenvalue weighted by molar-refractivity contribution is 6.08. The average Bonchev–Trinajstić information content (AvgIpc) is 3.16. The highest BCUT2D eigenvalue weighted by atomic mass is 16.2. The van der Waals surface area contributed by atoms with Crippen molar-refractivity contribution in [2.75, 3.05) is 13.1 Å². The lowest BCUT2D eigenvalue weighted by Crippen LogP contribution is -2.25. The summed E-state index contributed by atoms with van der Waals surface area (Å²) < 4.78 is 0. The van der Waals surface area contributed by atoms with Crippen LogP contribution in [0.4, 0.5) is 0 Å². The molecule has 0 saturated heterocycles. The van der Waals surface area contributed by atoms with Gasteiger partial charge >= 0.3 is 0 Å². The quantitative estimate of drug-likeness (QED) is 0.115. The van der Waals surface area contributed by atoms with Crippen molar-refractivity contribution in [3.8, 4) is 22.5 Å². The van der Waals surface area contributed by atoms with Crippen LogP contribution in [-0.2, 0) is 12.8 Å². The van der Waals surface area contributed by atoms with Crippen molar-refractivity contribution in [1.29, 1.82) is 0 Å². The molecule has 0 spiro atoms. The largest absolute Gasteiger partial charge is 0.352 e. The molecule has 0 saturated carbocycles. The Bertz CT molecular complexity index is 1900. The van der Waals surface area contributed by atoms with Gasteiger partial charge in [0.2, 0.25) is 0 Å². The molecule has 0 unspecified atom stereocenters. The topological polar surface area (TPSA) is 84.0 Å². The third kappa shape index (κ3) is 8.21. The van der Waals surface area contributed by atoms with E-state index in [-0.39, 0.29) is 11.8 Å². The lowest BCUT2D eigenvalue weighted by molar-refractivity contribution is 0.0947. The van der Waals surface area contributed by atoms with Gasteiger partial charge in [0.15, 0.2) is 0 Å². The van der Waals surface area contributed by atoms with E-state index in [1.165, 1.54) is 11.1 Å². The molecule has 0 radical (unpaired) electrons. The molecule has 49 heavy (non-hydrogen) atoms. The predicted molar refractivity (Wildman–Crippen MR) is 201 cm³/mol. The molecule has 6 heteroatoms. The van der Waals surface area contributed by atoms with E-state index in [9.17, 15) is 9.59 Å². The molecule has 6 rings (SSSR count). The molecule has 0 aliphatic rings. The van der Waals surface area contributed by atoms with Gasteiger partial charge in [-0.1, -0.05) is 118 Å². The molecular formula is C43H44N4O2. The second-order valence-corrected chi connectivity index (χ2v) is 12.5. The van der Waals surface area contributed by atoms with Gasteiger partial charge < -0.3 is 10.6 Å². The van der Waals surface area contributed by atoms with Crippen molar-refractivity contribution >= 4 is 33.6 Å². The molecule has 0 aliphatic carbocycles. The highest BCUT2D eigenvalue weighted by Gasteiger charge is 2.15. The first-order chi connectivity index (χ1) is 24.0. The van der Waals surface area contributed by atoms with Crippen LogP contribution in [0.25, 0.3) is 44.3 Å². The van der Waals surface area contributed by atoms with E-state index in [2.05, 4.69) is 73.0 Å². The van der Waals surface area contributed by atoms with Gasteiger partial charge in [-0.2, -0.15) is 0 Å². The Morgan fingerprint density at radius 3 is 1.31 bits per heavy atom. The average molecular weight is 649 g/mol. The summed E-state index contributed by atoms with van der Waals surface area (Å²) in [6, 6.07) is 36.2. The minimum atomic E-state index is -0.0718. The zero-order valence-corrected chi connectivity index (χ0v) is 28.5. The van der Waals surface area contributed by atoms with E-state index in [0.717, 1.165) is 89.3 Å². The van der Waals surface area contributed by atoms with Crippen molar-refractivity contribution in [3.05, 3.63) is 131 Å². The van der Waals surface area contributed by atoms with Gasteiger partial charge in [-0.05, 0) is 61.1 Å². The second kappa shape index (κ2) is 16.2. The van der Waals surface area contributed by atoms with Crippen molar-refractivity contribution in [1.82, 2.24) is 20.6 Å². The number of nitrogens with one attached hydrogen (secondary N) is 2. The van der Waals surface area contributed by atoms with Crippen LogP contribution >= 0.6 is 0 Å². The van der Waals surface area contributed by atoms with Crippen LogP contribution in [0, 0.1) is 0 Å². The fourth-order valence-electron chi connectivity index (χ4n) is 6.22. The Kier molecular flexibility index (Phi) is 11.1. The fourth-order valence-corrected chi connectivity index (χ4v) is 6.22. The highest BCUT2D eigenvalue weighted by Crippen LogP contribution is 2.27. The number of hydrogen-bond donors (Lipinski definition) is 2. The van der Waals surface area contributed by atoms with Crippen LogP contribution in [0.5, 0.6) is 0 Å². The summed E-state index contributed by atoms with van der Waals surface area (Å²) in [6.07, 6.45) is 6.82. The van der Waals surface area contributed by atoms with Gasteiger partial charge in [0.05, 0.1) is 33.5 Å². The number of pyridine rings is 2. The SMILES string of the molecule is CCc1ccc(-c2cc(C(=O)NCCCCCCCNC(=O)c3cc(-c4ccc(CC)cc4)nc4ccccc34)c3ccccc3n2)cc1. The van der Waals surface area contributed by atoms with E-state index in [4.69, 9.17) is 9.97 Å². The molecule has 248 valence electrons. The molecule has 0 fully saturated rings. The summed E-state index contributed by atoms with van der Waals surface area (Å²) in [5.41, 5.74) is 9.10. The van der Waals surface area contributed by atoms with E-state index in [0.29, 0.717) is 24.2 Å². The summed E-state index contributed by atoms with van der Waals surface area (Å²) in [4.78, 5) is 36.3. The smallest absolute Gasteiger partial charge is 0.252 e. The number of benzene rings is 4. The van der Waals surface area contributed by atoms with Crippen molar-refractivity contribution in [2.45, 2.75) is 58.8 Å². The molecule has 2 aromatic heterocycles. The molecule has 2 amide bonds. The zero-order chi connectivity index (χ0) is 34.0. The minimum absolute atomic E-state index is 0.0718. The predicted octanol–water partition coefficient (Wildman–Crippen LogP) is 9.35. The van der Waals surface area contributed by atoms with E-state index in [1.54, 1.807) is 0 Å². The van der Waals surface area contributed by atoms with Gasteiger partial charge in [-0.25, -0.2) is 9.97 Å². The number of para-hydroxylation sites is 2. The number of unbranched alkanes of at least 4 members (excludes halogenated alkanes) is 4. The van der Waals surface area contributed by atoms with Crippen LogP contribution in [0.15, 0.2) is 109 Å². The molecule has 0 atom stereocenters. The Balaban J connectivity index is 0.970. The number of carbonyl (C=O) groups is 2. The molecule has 2 N–H and O–H groups in total. The van der Waals surface area contributed by atoms with Crippen LogP contribution < -0.4 is 10.6 Å². The first-order valence-corrected chi connectivity index (χ1v) is 17.6. The van der Waals surface area contributed by atoms with Crippen LogP contribution in [-0.4, -0.2) is 34.9 Å². The monoisotopic (exact) mass is 648 g/mol. The van der Waals surface area contributed by atoms with Gasteiger partial charge in [0.1, 0.15) is 0 Å². The van der Waals surface area contributed by atoms with Crippen LogP contribution in [0.3, 0.4) is 0 Å². The van der Waals surface area contributed by atoms with Crippen LogP contribution in [0.2, 0.25) is 0 Å². The number of fused-ring (bicyclic) bond motifs is 2. The summed E-state index contributed by atoms with van der Waals surface area (Å²) in [7, 11) is 0. The molecule has 0 aliphatic heterocycles. The zero-order valence-electron chi connectivity index (χ0n) is 28.5. The standard InChI is InChI=1S/C43H44N4O2/c1-3-30-18-22-32(23-19-30)40-28-36(34-14-8-10-16-38(34)46-40)42(48)44-26-12-6-5-7-13-27-45-43(49)37-29-41(33-24-20-31(4-2)21-25-33)47-39-17-11-9-15-35(37)39/h8-11,14-25,28-29H,3-7,12-13,26-27H2,1-2H3,(H,44,48)(H,45,49). The maximum absolute atomic E-state index is 13.3. The number of aryl methyl sites for hydroxylation is 2. The summed E-state index contributed by atoms with van der Waals surface area (Å²) in [6.45, 7) is 5.51. The maximum Gasteiger partial charge on any atom is 0.252 e. The Morgan fingerprint density at radius 1 is 0.510 bits per heavy atom. The molecular weight excluding hydrogens is 604 g/mol. The molecule has 6 nitrogen and oxygen atoms in total. The first-order valence-electron chi connectivity index (χ1n) is 17.6. The number of nitrogens with zero attached hydrogens (tertiary/aromatic N) is 2. The van der Waals surface area contributed by atoms with Gasteiger partial charge in [-0.15, -0.1) is 0 Å². The fraction of sp³-hybridized carbons (Fsp3) is 0.256. The molecule has 0 bridgehead atoms. The summed E-state index contributed by atoms with van der Waals surface area (Å²) in [5.74, 6) is -0.144. The normalized spacial score (nSPS) is 11.1. The maximum atomic E-state index is 13.3. The Labute approximate surface area is 289 Å². The van der Waals surface area contributed by atoms with E-state index >= 15 is 0 Å². The number of aromatic nitrogens is 2. The number of hydrogen-bond acceptors (Lipinski definition) is 4. The Hall–Kier alpha value is -5.36. The van der Waals surface area contributed by atoms with Gasteiger partial charge in [-0.3, -0.25) is 9.59 Å². The van der Waals surface area contributed by atoms with Crippen molar-refractivity contribution in [2.24, 2.45) is 0 Å². The number of amides is 2. The van der Waals surface area contributed by atoms with E-state index < -0.39 is 0 Å². The summed E-state index contributed by atoms with van der Waals surface area (Å²) in [5, 5.41) is 7.98. The van der Waals surface area contributed by atoms with Crippen LogP contribution in [0.1, 0.15) is 77.8 Å². The molecule has 6 aromatic rings. The minimum Gasteiger partial charge on any atom is -0.352 e. The molecule has 2 heterocycles. The third-order valence-electron chi connectivity index (χ3n) is 9.16. The Morgan fingerprint density at radius 2 is 0.898 bits per heavy atom. The lowest BCUT2D eigenvalue weighted by Gasteiger charge is -2.11. The van der Waals surface area contributed by atoms with Crippen molar-refractivity contribution < 1.29 is 9.59 Å². The number of rotatable bonds is 14. The first kappa shape index (κ1) is 33.5. The molecule has 4 aromatic carbocycles.